The number of rotatable bonds is 7. The SMILES string of the molecule is CCOC(=O)c1ccc(N=C2SC(C(=O)Nc3ccccc3Cl)CC(=O)N2Cc2ccc(Cl)cc2)cc1. The van der Waals surface area contributed by atoms with Crippen molar-refractivity contribution in [2.45, 2.75) is 25.1 Å². The molecule has 3 aromatic carbocycles. The van der Waals surface area contributed by atoms with Crippen LogP contribution in [-0.4, -0.2) is 39.7 Å². The van der Waals surface area contributed by atoms with Crippen molar-refractivity contribution in [2.24, 2.45) is 4.99 Å². The van der Waals surface area contributed by atoms with Crippen LogP contribution in [0.4, 0.5) is 11.4 Å². The van der Waals surface area contributed by atoms with Crippen LogP contribution >= 0.6 is 35.0 Å². The number of carbonyl (C=O) groups excluding carboxylic acids is 3. The molecular weight excluding hydrogens is 533 g/mol. The normalized spacial score (nSPS) is 16.5. The summed E-state index contributed by atoms with van der Waals surface area (Å²) in [6.07, 6.45) is -0.00460. The topological polar surface area (TPSA) is 88.1 Å². The Kier molecular flexibility index (Phi) is 8.87. The zero-order valence-electron chi connectivity index (χ0n) is 19.8. The van der Waals surface area contributed by atoms with Crippen molar-refractivity contribution in [3.05, 3.63) is 94.0 Å². The van der Waals surface area contributed by atoms with E-state index in [1.54, 1.807) is 72.5 Å². The first kappa shape index (κ1) is 26.7. The fourth-order valence-electron chi connectivity index (χ4n) is 3.54. The van der Waals surface area contributed by atoms with Crippen molar-refractivity contribution < 1.29 is 19.1 Å². The molecule has 190 valence electrons. The molecule has 1 aliphatic rings. The van der Waals surface area contributed by atoms with E-state index in [4.69, 9.17) is 27.9 Å². The van der Waals surface area contributed by atoms with E-state index in [2.05, 4.69) is 10.3 Å². The molecule has 10 heteroatoms. The van der Waals surface area contributed by atoms with E-state index in [-0.39, 0.29) is 31.4 Å². The number of para-hydroxylation sites is 1. The third-order valence-electron chi connectivity index (χ3n) is 5.42. The summed E-state index contributed by atoms with van der Waals surface area (Å²) in [5.41, 5.74) is 2.26. The summed E-state index contributed by atoms with van der Waals surface area (Å²) < 4.78 is 5.03. The number of nitrogens with zero attached hydrogens (tertiary/aromatic N) is 2. The number of amides is 2. The van der Waals surface area contributed by atoms with Gasteiger partial charge in [-0.1, -0.05) is 59.2 Å². The van der Waals surface area contributed by atoms with Gasteiger partial charge in [0.1, 0.15) is 5.25 Å². The third-order valence-corrected chi connectivity index (χ3v) is 7.19. The maximum atomic E-state index is 13.3. The van der Waals surface area contributed by atoms with Crippen LogP contribution in [-0.2, 0) is 20.9 Å². The number of hydrogen-bond donors (Lipinski definition) is 1. The van der Waals surface area contributed by atoms with Crippen molar-refractivity contribution in [1.29, 1.82) is 0 Å². The first-order valence-corrected chi connectivity index (χ1v) is 13.1. The number of benzene rings is 3. The van der Waals surface area contributed by atoms with Gasteiger partial charge in [0.05, 0.1) is 35.1 Å². The van der Waals surface area contributed by atoms with Crippen LogP contribution in [0, 0.1) is 0 Å². The average molecular weight is 556 g/mol. The van der Waals surface area contributed by atoms with Crippen molar-refractivity contribution >= 4 is 69.3 Å². The van der Waals surface area contributed by atoms with Gasteiger partial charge in [-0.3, -0.25) is 14.5 Å². The monoisotopic (exact) mass is 555 g/mol. The zero-order valence-corrected chi connectivity index (χ0v) is 22.1. The summed E-state index contributed by atoms with van der Waals surface area (Å²) in [6, 6.07) is 20.6. The number of esters is 1. The van der Waals surface area contributed by atoms with Crippen molar-refractivity contribution in [1.82, 2.24) is 4.90 Å². The molecule has 4 rings (SSSR count). The van der Waals surface area contributed by atoms with Gasteiger partial charge < -0.3 is 10.1 Å². The van der Waals surface area contributed by atoms with Gasteiger partial charge in [0.25, 0.3) is 0 Å². The maximum absolute atomic E-state index is 13.3. The number of carbonyl (C=O) groups is 3. The van der Waals surface area contributed by atoms with Crippen LogP contribution < -0.4 is 5.32 Å². The Bertz CT molecular complexity index is 1330. The molecule has 1 aliphatic heterocycles. The summed E-state index contributed by atoms with van der Waals surface area (Å²) in [5, 5.41) is 3.47. The lowest BCUT2D eigenvalue weighted by molar-refractivity contribution is -0.129. The van der Waals surface area contributed by atoms with Gasteiger partial charge in [0.15, 0.2) is 5.17 Å². The van der Waals surface area contributed by atoms with E-state index >= 15 is 0 Å². The van der Waals surface area contributed by atoms with E-state index in [1.807, 2.05) is 12.1 Å². The molecule has 3 aromatic rings. The molecular formula is C27H23Cl2N3O4S. The third kappa shape index (κ3) is 6.91. The first-order chi connectivity index (χ1) is 17.8. The highest BCUT2D eigenvalue weighted by Gasteiger charge is 2.36. The molecule has 0 radical (unpaired) electrons. The fourth-order valence-corrected chi connectivity index (χ4v) is 4.95. The van der Waals surface area contributed by atoms with Gasteiger partial charge in [0, 0.05) is 11.4 Å². The Morgan fingerprint density at radius 3 is 2.43 bits per heavy atom. The molecule has 0 bridgehead atoms. The summed E-state index contributed by atoms with van der Waals surface area (Å²) in [7, 11) is 0. The molecule has 0 spiro atoms. The molecule has 2 amide bonds. The Balaban J connectivity index is 1.60. The highest BCUT2D eigenvalue weighted by Crippen LogP contribution is 2.32. The molecule has 1 unspecified atom stereocenters. The molecule has 0 aliphatic carbocycles. The minimum absolute atomic E-state index is 0.00460. The quantitative estimate of drug-likeness (QED) is 0.344. The van der Waals surface area contributed by atoms with E-state index in [9.17, 15) is 14.4 Å². The van der Waals surface area contributed by atoms with Crippen LogP contribution in [0.3, 0.4) is 0 Å². The Hall–Kier alpha value is -3.33. The molecule has 1 saturated heterocycles. The molecule has 1 fully saturated rings. The number of anilines is 1. The second-order valence-electron chi connectivity index (χ2n) is 8.05. The molecule has 0 saturated carbocycles. The molecule has 7 nitrogen and oxygen atoms in total. The largest absolute Gasteiger partial charge is 0.462 e. The summed E-state index contributed by atoms with van der Waals surface area (Å²) in [5.74, 6) is -1.01. The fraction of sp³-hybridized carbons (Fsp3) is 0.185. The van der Waals surface area contributed by atoms with E-state index in [1.165, 1.54) is 11.8 Å². The standard InChI is InChI=1S/C27H23Cl2N3O4S/c1-2-36-26(35)18-9-13-20(14-10-18)30-27-32(16-17-7-11-19(28)12-8-17)24(33)15-23(37-27)25(34)31-22-6-4-3-5-21(22)29/h3-14,23H,2,15-16H2,1H3,(H,31,34). The predicted molar refractivity (Wildman–Crippen MR) is 148 cm³/mol. The zero-order chi connectivity index (χ0) is 26.4. The molecule has 0 aromatic heterocycles. The summed E-state index contributed by atoms with van der Waals surface area (Å²) >= 11 is 13.4. The highest BCUT2D eigenvalue weighted by atomic mass is 35.5. The second-order valence-corrected chi connectivity index (χ2v) is 10.1. The number of halogens is 2. The van der Waals surface area contributed by atoms with Crippen LogP contribution in [0.25, 0.3) is 0 Å². The first-order valence-electron chi connectivity index (χ1n) is 11.5. The van der Waals surface area contributed by atoms with Gasteiger partial charge in [-0.2, -0.15) is 0 Å². The van der Waals surface area contributed by atoms with Crippen LogP contribution in [0.2, 0.25) is 10.0 Å². The lowest BCUT2D eigenvalue weighted by atomic mass is 10.2. The number of ether oxygens (including phenoxy) is 1. The van der Waals surface area contributed by atoms with Gasteiger partial charge in [-0.05, 0) is 61.0 Å². The summed E-state index contributed by atoms with van der Waals surface area (Å²) in [6.45, 7) is 2.28. The highest BCUT2D eigenvalue weighted by molar-refractivity contribution is 8.15. The Labute approximate surface area is 228 Å². The predicted octanol–water partition coefficient (Wildman–Crippen LogP) is 6.33. The Morgan fingerprint density at radius 1 is 1.05 bits per heavy atom. The van der Waals surface area contributed by atoms with Crippen molar-refractivity contribution in [3.8, 4) is 0 Å². The molecule has 1 atom stereocenters. The van der Waals surface area contributed by atoms with Crippen LogP contribution in [0.1, 0.15) is 29.3 Å². The van der Waals surface area contributed by atoms with E-state index in [0.29, 0.717) is 32.2 Å². The minimum atomic E-state index is -0.706. The minimum Gasteiger partial charge on any atom is -0.462 e. The van der Waals surface area contributed by atoms with Crippen molar-refractivity contribution in [3.63, 3.8) is 0 Å². The van der Waals surface area contributed by atoms with E-state index < -0.39 is 11.2 Å². The number of aliphatic imine (C=N–C) groups is 1. The molecule has 1 heterocycles. The van der Waals surface area contributed by atoms with E-state index in [0.717, 1.165) is 5.56 Å². The maximum Gasteiger partial charge on any atom is 0.338 e. The smallest absolute Gasteiger partial charge is 0.338 e. The average Bonchev–Trinajstić information content (AvgIpc) is 2.89. The molecule has 37 heavy (non-hydrogen) atoms. The number of hydrogen-bond acceptors (Lipinski definition) is 6. The van der Waals surface area contributed by atoms with Gasteiger partial charge in [-0.25, -0.2) is 9.79 Å². The lowest BCUT2D eigenvalue weighted by Gasteiger charge is -2.32. The second kappa shape index (κ2) is 12.3. The van der Waals surface area contributed by atoms with Crippen LogP contribution in [0.15, 0.2) is 77.8 Å². The number of thioether (sulfide) groups is 1. The lowest BCUT2D eigenvalue weighted by Crippen LogP contribution is -2.44. The number of amidine groups is 1. The van der Waals surface area contributed by atoms with Crippen LogP contribution in [0.5, 0.6) is 0 Å². The van der Waals surface area contributed by atoms with Gasteiger partial charge in [0.2, 0.25) is 11.8 Å². The number of nitrogens with one attached hydrogen (secondary N) is 1. The van der Waals surface area contributed by atoms with Crippen molar-refractivity contribution in [2.75, 3.05) is 11.9 Å². The summed E-state index contributed by atoms with van der Waals surface area (Å²) in [4.78, 5) is 44.5. The Morgan fingerprint density at radius 2 is 1.76 bits per heavy atom. The van der Waals surface area contributed by atoms with Gasteiger partial charge >= 0.3 is 5.97 Å². The molecule has 1 N–H and O–H groups in total. The van der Waals surface area contributed by atoms with Gasteiger partial charge in [-0.15, -0.1) is 0 Å².